The van der Waals surface area contributed by atoms with Crippen LogP contribution in [0.4, 0.5) is 0 Å². The zero-order chi connectivity index (χ0) is 78.5. The van der Waals surface area contributed by atoms with E-state index in [-0.39, 0.29) is 25.7 Å². The Hall–Kier alpha value is -1.94. The summed E-state index contributed by atoms with van der Waals surface area (Å²) < 4.78 is 68.9. The zero-order valence-electron chi connectivity index (χ0n) is 70.5. The first kappa shape index (κ1) is 105. The van der Waals surface area contributed by atoms with E-state index in [2.05, 4.69) is 41.5 Å². The second kappa shape index (κ2) is 79.3. The Morgan fingerprint density at radius 1 is 0.252 bits per heavy atom. The summed E-state index contributed by atoms with van der Waals surface area (Å²) in [6.45, 7) is 9.72. The van der Waals surface area contributed by atoms with Crippen molar-refractivity contribution >= 4 is 39.5 Å². The average Bonchev–Trinajstić information content (AvgIpc) is 0.912. The highest BCUT2D eigenvalue weighted by Gasteiger charge is 2.30. The van der Waals surface area contributed by atoms with Gasteiger partial charge in [-0.25, -0.2) is 9.13 Å². The van der Waals surface area contributed by atoms with Crippen molar-refractivity contribution < 1.29 is 80.2 Å². The van der Waals surface area contributed by atoms with Crippen molar-refractivity contribution in [3.8, 4) is 0 Å². The summed E-state index contributed by atoms with van der Waals surface area (Å²) in [7, 11) is -9.93. The fourth-order valence-corrected chi connectivity index (χ4v) is 15.4. The molecule has 0 aromatic rings. The monoisotopic (exact) mass is 1560 g/mol. The van der Waals surface area contributed by atoms with Gasteiger partial charge in [0.15, 0.2) is 12.2 Å². The number of ether oxygens (including phenoxy) is 4. The largest absolute Gasteiger partial charge is 0.472 e. The van der Waals surface area contributed by atoms with Gasteiger partial charge in [0, 0.05) is 25.7 Å². The molecule has 0 radical (unpaired) electrons. The van der Waals surface area contributed by atoms with Crippen LogP contribution < -0.4 is 0 Å². The van der Waals surface area contributed by atoms with Crippen LogP contribution in [0.15, 0.2) is 0 Å². The number of aliphatic hydroxyl groups excluding tert-OH is 1. The van der Waals surface area contributed by atoms with E-state index >= 15 is 0 Å². The number of phosphoric ester groups is 2. The molecule has 0 spiro atoms. The van der Waals surface area contributed by atoms with Gasteiger partial charge in [-0.15, -0.1) is 0 Å². The predicted octanol–water partition coefficient (Wildman–Crippen LogP) is 27.0. The molecule has 0 saturated heterocycles. The molecule has 0 aliphatic rings. The number of carbonyl (C=O) groups excluding carboxylic acids is 4. The van der Waals surface area contributed by atoms with Crippen molar-refractivity contribution in [2.24, 2.45) is 11.8 Å². The molecule has 0 aromatic heterocycles. The Balaban J connectivity index is 5.18. The summed E-state index contributed by atoms with van der Waals surface area (Å²) >= 11 is 0. The number of hydrogen-bond acceptors (Lipinski definition) is 15. The van der Waals surface area contributed by atoms with Crippen LogP contribution in [0.2, 0.25) is 0 Å². The molecule has 107 heavy (non-hydrogen) atoms. The third kappa shape index (κ3) is 81.9. The average molecular weight is 1560 g/mol. The molecular weight excluding hydrogens is 1390 g/mol. The third-order valence-corrected chi connectivity index (χ3v) is 22.6. The van der Waals surface area contributed by atoms with Crippen LogP contribution in [0.3, 0.4) is 0 Å². The Labute approximate surface area is 658 Å². The maximum atomic E-state index is 13.2. The molecule has 0 amide bonds. The van der Waals surface area contributed by atoms with Crippen molar-refractivity contribution in [1.82, 2.24) is 0 Å². The molecule has 3 N–H and O–H groups in total. The minimum atomic E-state index is -4.97. The molecule has 0 saturated carbocycles. The molecule has 0 bridgehead atoms. The molecule has 0 aromatic carbocycles. The molecule has 0 heterocycles. The van der Waals surface area contributed by atoms with Crippen LogP contribution in [-0.4, -0.2) is 96.7 Å². The van der Waals surface area contributed by atoms with Crippen LogP contribution in [0.25, 0.3) is 0 Å². The van der Waals surface area contributed by atoms with E-state index in [4.69, 9.17) is 37.0 Å². The van der Waals surface area contributed by atoms with Gasteiger partial charge < -0.3 is 33.8 Å². The summed E-state index contributed by atoms with van der Waals surface area (Å²) in [5.74, 6) is -0.479. The molecule has 636 valence electrons. The van der Waals surface area contributed by atoms with Gasteiger partial charge in [0.1, 0.15) is 19.3 Å². The first-order chi connectivity index (χ1) is 51.9. The van der Waals surface area contributed by atoms with Crippen molar-refractivity contribution in [1.29, 1.82) is 0 Å². The second-order valence-electron chi connectivity index (χ2n) is 32.6. The number of carbonyl (C=O) groups is 4. The first-order valence-corrected chi connectivity index (χ1v) is 48.5. The smallest absolute Gasteiger partial charge is 0.462 e. The molecule has 17 nitrogen and oxygen atoms in total. The number of hydrogen-bond donors (Lipinski definition) is 3. The van der Waals surface area contributed by atoms with Gasteiger partial charge in [-0.3, -0.25) is 37.3 Å². The van der Waals surface area contributed by atoms with Gasteiger partial charge >= 0.3 is 39.5 Å². The van der Waals surface area contributed by atoms with Gasteiger partial charge in [0.05, 0.1) is 26.4 Å². The summed E-state index contributed by atoms with van der Waals surface area (Å²) in [5, 5.41) is 10.7. The predicted molar refractivity (Wildman–Crippen MR) is 442 cm³/mol. The van der Waals surface area contributed by atoms with Gasteiger partial charge in [-0.2, -0.15) is 0 Å². The fraction of sp³-hybridized carbons (Fsp3) is 0.955. The molecule has 19 heteroatoms. The number of aliphatic hydroxyl groups is 1. The highest BCUT2D eigenvalue weighted by Crippen LogP contribution is 2.45. The van der Waals surface area contributed by atoms with E-state index in [0.717, 1.165) is 108 Å². The van der Waals surface area contributed by atoms with E-state index in [9.17, 15) is 43.2 Å². The Bertz CT molecular complexity index is 2050. The van der Waals surface area contributed by atoms with Gasteiger partial charge in [0.25, 0.3) is 0 Å². The van der Waals surface area contributed by atoms with E-state index in [1.807, 2.05) is 0 Å². The summed E-state index contributed by atoms with van der Waals surface area (Å²) in [6, 6.07) is 0. The fourth-order valence-electron chi connectivity index (χ4n) is 13.8. The van der Waals surface area contributed by atoms with Crippen LogP contribution in [-0.2, 0) is 65.4 Å². The Morgan fingerprint density at radius 3 is 0.636 bits per heavy atom. The van der Waals surface area contributed by atoms with Crippen molar-refractivity contribution in [3.63, 3.8) is 0 Å². The molecule has 0 aliphatic carbocycles. The lowest BCUT2D eigenvalue weighted by atomic mass is 10.0. The van der Waals surface area contributed by atoms with Crippen LogP contribution in [0.5, 0.6) is 0 Å². The topological polar surface area (TPSA) is 237 Å². The lowest BCUT2D eigenvalue weighted by Gasteiger charge is -2.21. The molecule has 0 fully saturated rings. The third-order valence-electron chi connectivity index (χ3n) is 20.7. The standard InChI is InChI=1S/C88H172O17P2/c1-7-9-11-13-15-17-18-19-20-21-22-23-27-32-37-42-47-53-59-65-71-86(91)99-77-84(105-88(93)73-66-60-54-48-43-38-33-28-25-24-26-30-35-40-45-50-56-62-68-80(3)4)79-103-107(96,97)101-75-82(89)74-100-106(94,95)102-78-83(76-98-85(90)70-64-58-52-16-14-12-10-8-2)104-87(92)72-67-61-55-49-44-39-34-29-31-36-41-46-51-57-63-69-81(5)6/h80-84,89H,7-79H2,1-6H3,(H,94,95)(H,96,97)/t82-,83+,84+/m0/s1. The van der Waals surface area contributed by atoms with Gasteiger partial charge in [0.2, 0.25) is 0 Å². The van der Waals surface area contributed by atoms with Crippen LogP contribution >= 0.6 is 15.6 Å². The molecule has 0 rings (SSSR count). The van der Waals surface area contributed by atoms with E-state index in [1.165, 1.54) is 283 Å². The van der Waals surface area contributed by atoms with Crippen LogP contribution in [0.1, 0.15) is 472 Å². The van der Waals surface area contributed by atoms with Crippen LogP contribution in [0, 0.1) is 11.8 Å². The summed E-state index contributed by atoms with van der Waals surface area (Å²) in [4.78, 5) is 73.2. The molecular formula is C88H172O17P2. The van der Waals surface area contributed by atoms with Crippen molar-refractivity contribution in [2.75, 3.05) is 39.6 Å². The lowest BCUT2D eigenvalue weighted by molar-refractivity contribution is -0.161. The highest BCUT2D eigenvalue weighted by atomic mass is 31.2. The highest BCUT2D eigenvalue weighted by molar-refractivity contribution is 7.47. The summed E-state index contributed by atoms with van der Waals surface area (Å²) in [5.41, 5.74) is 0. The molecule has 5 atom stereocenters. The molecule has 2 unspecified atom stereocenters. The SMILES string of the molecule is CCCCCCCCCCCCCCCCCCCCCCC(=O)OC[C@H](COP(=O)(O)OC[C@@H](O)COP(=O)(O)OC[C@@H](COC(=O)CCCCCCCCCC)OC(=O)CCCCCCCCCCCCCCCCCC(C)C)OC(=O)CCCCCCCCCCCCCCCCCCCCC(C)C. The van der Waals surface area contributed by atoms with E-state index in [1.54, 1.807) is 0 Å². The van der Waals surface area contributed by atoms with E-state index in [0.29, 0.717) is 25.7 Å². The minimum Gasteiger partial charge on any atom is -0.462 e. The number of rotatable bonds is 87. The van der Waals surface area contributed by atoms with Gasteiger partial charge in [-0.1, -0.05) is 420 Å². The van der Waals surface area contributed by atoms with E-state index < -0.39 is 97.5 Å². The normalized spacial score (nSPS) is 13.8. The quantitative estimate of drug-likeness (QED) is 0.0222. The molecule has 0 aliphatic heterocycles. The second-order valence-corrected chi connectivity index (χ2v) is 35.5. The first-order valence-electron chi connectivity index (χ1n) is 45.5. The lowest BCUT2D eigenvalue weighted by Crippen LogP contribution is -2.30. The maximum Gasteiger partial charge on any atom is 0.472 e. The van der Waals surface area contributed by atoms with Gasteiger partial charge in [-0.05, 0) is 37.5 Å². The number of phosphoric acid groups is 2. The van der Waals surface area contributed by atoms with Crippen molar-refractivity contribution in [2.45, 2.75) is 490 Å². The summed E-state index contributed by atoms with van der Waals surface area (Å²) in [6.07, 6.45) is 72.4. The Kier molecular flexibility index (Phi) is 77.9. The van der Waals surface area contributed by atoms with Crippen molar-refractivity contribution in [3.05, 3.63) is 0 Å². The zero-order valence-corrected chi connectivity index (χ0v) is 72.2. The maximum absolute atomic E-state index is 13.2. The Morgan fingerprint density at radius 2 is 0.430 bits per heavy atom. The number of esters is 4. The number of unbranched alkanes of at least 4 members (excludes halogenated alkanes) is 57. The minimum absolute atomic E-state index is 0.108.